The minimum atomic E-state index is -3.07. The van der Waals surface area contributed by atoms with Crippen molar-refractivity contribution in [3.8, 4) is 0 Å². The van der Waals surface area contributed by atoms with E-state index in [1.165, 1.54) is 5.56 Å². The van der Waals surface area contributed by atoms with E-state index >= 15 is 0 Å². The SMILES string of the molecule is O=C(CN1CCc2ccccc21)N(c1ccccc1)C1CCS(=O)(=O)C1. The molecule has 1 unspecified atom stereocenters. The van der Waals surface area contributed by atoms with Crippen molar-refractivity contribution in [3.05, 3.63) is 60.2 Å². The molecule has 0 N–H and O–H groups in total. The summed E-state index contributed by atoms with van der Waals surface area (Å²) in [5.74, 6) is 0.153. The molecule has 2 aliphatic rings. The average molecular weight is 370 g/mol. The molecular weight excluding hydrogens is 348 g/mol. The highest BCUT2D eigenvalue weighted by atomic mass is 32.2. The third-order valence-electron chi connectivity index (χ3n) is 5.19. The number of amides is 1. The van der Waals surface area contributed by atoms with Crippen LogP contribution in [0.3, 0.4) is 0 Å². The molecule has 136 valence electrons. The number of hydrogen-bond acceptors (Lipinski definition) is 4. The second-order valence-electron chi connectivity index (χ2n) is 6.96. The van der Waals surface area contributed by atoms with Gasteiger partial charge >= 0.3 is 0 Å². The van der Waals surface area contributed by atoms with Gasteiger partial charge in [0.05, 0.1) is 24.1 Å². The number of anilines is 2. The molecule has 1 saturated heterocycles. The summed E-state index contributed by atoms with van der Waals surface area (Å²) >= 11 is 0. The number of sulfone groups is 1. The summed E-state index contributed by atoms with van der Waals surface area (Å²) in [6.45, 7) is 1.08. The largest absolute Gasteiger partial charge is 0.362 e. The summed E-state index contributed by atoms with van der Waals surface area (Å²) in [4.78, 5) is 17.0. The lowest BCUT2D eigenvalue weighted by atomic mass is 10.1. The van der Waals surface area contributed by atoms with Gasteiger partial charge in [-0.05, 0) is 36.6 Å². The number of rotatable bonds is 4. The number of benzene rings is 2. The first-order valence-electron chi connectivity index (χ1n) is 8.94. The molecule has 2 aromatic carbocycles. The zero-order valence-corrected chi connectivity index (χ0v) is 15.4. The molecular formula is C20H22N2O3S. The Kier molecular flexibility index (Phi) is 4.44. The van der Waals surface area contributed by atoms with Crippen LogP contribution in [-0.4, -0.2) is 45.0 Å². The molecule has 6 heteroatoms. The molecule has 0 bridgehead atoms. The van der Waals surface area contributed by atoms with Crippen LogP contribution in [-0.2, 0) is 21.1 Å². The van der Waals surface area contributed by atoms with Gasteiger partial charge < -0.3 is 9.80 Å². The topological polar surface area (TPSA) is 57.7 Å². The lowest BCUT2D eigenvalue weighted by Crippen LogP contribution is -2.46. The molecule has 2 aliphatic heterocycles. The normalized spacial score (nSPS) is 20.8. The van der Waals surface area contributed by atoms with Crippen molar-refractivity contribution in [3.63, 3.8) is 0 Å². The van der Waals surface area contributed by atoms with E-state index in [4.69, 9.17) is 0 Å². The van der Waals surface area contributed by atoms with E-state index in [9.17, 15) is 13.2 Å². The van der Waals surface area contributed by atoms with Crippen LogP contribution in [0.15, 0.2) is 54.6 Å². The number of hydrogen-bond donors (Lipinski definition) is 0. The van der Waals surface area contributed by atoms with Crippen LogP contribution in [0.2, 0.25) is 0 Å². The molecule has 2 heterocycles. The van der Waals surface area contributed by atoms with Crippen LogP contribution in [0.1, 0.15) is 12.0 Å². The molecule has 1 atom stereocenters. The van der Waals surface area contributed by atoms with E-state index in [0.29, 0.717) is 6.42 Å². The van der Waals surface area contributed by atoms with E-state index in [1.807, 2.05) is 48.5 Å². The van der Waals surface area contributed by atoms with Gasteiger partial charge in [-0.2, -0.15) is 0 Å². The van der Waals surface area contributed by atoms with E-state index in [1.54, 1.807) is 4.90 Å². The molecule has 0 radical (unpaired) electrons. The van der Waals surface area contributed by atoms with Crippen LogP contribution in [0.4, 0.5) is 11.4 Å². The number of carbonyl (C=O) groups is 1. The standard InChI is InChI=1S/C20H22N2O3S/c23-20(14-21-12-10-16-6-4-5-9-19(16)21)22(17-7-2-1-3-8-17)18-11-13-26(24,25)15-18/h1-9,18H,10-15H2. The summed E-state index contributed by atoms with van der Waals surface area (Å²) in [6.07, 6.45) is 1.44. The molecule has 0 spiro atoms. The van der Waals surface area contributed by atoms with Gasteiger partial charge in [-0.25, -0.2) is 8.42 Å². The predicted molar refractivity (Wildman–Crippen MR) is 103 cm³/mol. The number of nitrogens with zero attached hydrogens (tertiary/aromatic N) is 2. The van der Waals surface area contributed by atoms with E-state index in [0.717, 1.165) is 24.3 Å². The Balaban J connectivity index is 1.59. The molecule has 1 fully saturated rings. The van der Waals surface area contributed by atoms with Crippen LogP contribution < -0.4 is 9.80 Å². The zero-order chi connectivity index (χ0) is 18.1. The van der Waals surface area contributed by atoms with Gasteiger partial charge in [0, 0.05) is 17.9 Å². The van der Waals surface area contributed by atoms with Gasteiger partial charge in [0.1, 0.15) is 0 Å². The fourth-order valence-corrected chi connectivity index (χ4v) is 5.64. The number of carbonyl (C=O) groups excluding carboxylic acids is 1. The van der Waals surface area contributed by atoms with Gasteiger partial charge in [-0.15, -0.1) is 0 Å². The number of fused-ring (bicyclic) bond motifs is 1. The maximum absolute atomic E-state index is 13.2. The first-order valence-corrected chi connectivity index (χ1v) is 10.8. The van der Waals surface area contributed by atoms with Crippen molar-refractivity contribution in [2.45, 2.75) is 18.9 Å². The third-order valence-corrected chi connectivity index (χ3v) is 6.94. The lowest BCUT2D eigenvalue weighted by molar-refractivity contribution is -0.117. The lowest BCUT2D eigenvalue weighted by Gasteiger charge is -2.31. The van der Waals surface area contributed by atoms with Gasteiger partial charge in [0.15, 0.2) is 9.84 Å². The quantitative estimate of drug-likeness (QED) is 0.828. The van der Waals surface area contributed by atoms with Crippen molar-refractivity contribution in [2.24, 2.45) is 0 Å². The molecule has 1 amide bonds. The molecule has 0 aromatic heterocycles. The molecule has 4 rings (SSSR count). The van der Waals surface area contributed by atoms with Crippen LogP contribution in [0, 0.1) is 0 Å². The second-order valence-corrected chi connectivity index (χ2v) is 9.19. The molecule has 0 aliphatic carbocycles. The maximum Gasteiger partial charge on any atom is 0.246 e. The van der Waals surface area contributed by atoms with Crippen molar-refractivity contribution >= 4 is 27.1 Å². The fourth-order valence-electron chi connectivity index (χ4n) is 3.94. The molecule has 2 aromatic rings. The van der Waals surface area contributed by atoms with Crippen LogP contribution in [0.5, 0.6) is 0 Å². The van der Waals surface area contributed by atoms with E-state index < -0.39 is 9.84 Å². The summed E-state index contributed by atoms with van der Waals surface area (Å²) in [7, 11) is -3.07. The highest BCUT2D eigenvalue weighted by molar-refractivity contribution is 7.91. The van der Waals surface area contributed by atoms with E-state index in [2.05, 4.69) is 11.0 Å². The highest BCUT2D eigenvalue weighted by Crippen LogP contribution is 2.29. The van der Waals surface area contributed by atoms with Gasteiger partial charge in [0.25, 0.3) is 0 Å². The Hall–Kier alpha value is -2.34. The first-order chi connectivity index (χ1) is 12.5. The van der Waals surface area contributed by atoms with Crippen molar-refractivity contribution in [1.29, 1.82) is 0 Å². The Bertz CT molecular complexity index is 912. The maximum atomic E-state index is 13.2. The highest BCUT2D eigenvalue weighted by Gasteiger charge is 2.36. The Labute approximate surface area is 154 Å². The minimum absolute atomic E-state index is 0.0459. The van der Waals surface area contributed by atoms with Crippen LogP contribution >= 0.6 is 0 Å². The smallest absolute Gasteiger partial charge is 0.246 e. The molecule has 5 nitrogen and oxygen atoms in total. The van der Waals surface area contributed by atoms with Crippen molar-refractivity contribution < 1.29 is 13.2 Å². The molecule has 26 heavy (non-hydrogen) atoms. The van der Waals surface area contributed by atoms with Gasteiger partial charge in [-0.1, -0.05) is 36.4 Å². The van der Waals surface area contributed by atoms with Crippen molar-refractivity contribution in [1.82, 2.24) is 0 Å². The number of para-hydroxylation sites is 2. The monoisotopic (exact) mass is 370 g/mol. The van der Waals surface area contributed by atoms with Gasteiger partial charge in [-0.3, -0.25) is 4.79 Å². The minimum Gasteiger partial charge on any atom is -0.362 e. The first kappa shape index (κ1) is 17.1. The second kappa shape index (κ2) is 6.76. The zero-order valence-electron chi connectivity index (χ0n) is 14.5. The summed E-state index contributed by atoms with van der Waals surface area (Å²) in [5.41, 5.74) is 3.13. The molecule has 0 saturated carbocycles. The van der Waals surface area contributed by atoms with Crippen LogP contribution in [0.25, 0.3) is 0 Å². The van der Waals surface area contributed by atoms with Crippen molar-refractivity contribution in [2.75, 3.05) is 34.4 Å². The Morgan fingerprint density at radius 3 is 2.54 bits per heavy atom. The summed E-state index contributed by atoms with van der Waals surface area (Å²) in [5, 5.41) is 0. The third kappa shape index (κ3) is 3.33. The summed E-state index contributed by atoms with van der Waals surface area (Å²) < 4.78 is 23.9. The Morgan fingerprint density at radius 1 is 1.08 bits per heavy atom. The average Bonchev–Trinajstić information content (AvgIpc) is 3.20. The van der Waals surface area contributed by atoms with E-state index in [-0.39, 0.29) is 30.0 Å². The van der Waals surface area contributed by atoms with Gasteiger partial charge in [0.2, 0.25) is 5.91 Å². The summed E-state index contributed by atoms with van der Waals surface area (Å²) in [6, 6.07) is 17.3. The predicted octanol–water partition coefficient (Wildman–Crippen LogP) is 2.27. The fraction of sp³-hybridized carbons (Fsp3) is 0.350. The Morgan fingerprint density at radius 2 is 1.81 bits per heavy atom.